The molecule has 0 fully saturated rings. The molecule has 0 aliphatic carbocycles. The lowest BCUT2D eigenvalue weighted by atomic mass is 10.0. The van der Waals surface area contributed by atoms with E-state index in [0.717, 1.165) is 22.1 Å². The summed E-state index contributed by atoms with van der Waals surface area (Å²) in [5.74, 6) is 0. The maximum atomic E-state index is 5.94. The molecule has 0 spiro atoms. The van der Waals surface area contributed by atoms with Crippen molar-refractivity contribution < 1.29 is 0 Å². The molecule has 0 radical (unpaired) electrons. The minimum absolute atomic E-state index is 0.823. The minimum atomic E-state index is 0.823. The largest absolute Gasteiger partial charge is 0.398 e. The van der Waals surface area contributed by atoms with Crippen LogP contribution in [0.25, 0.3) is 11.1 Å². The van der Waals surface area contributed by atoms with Gasteiger partial charge in [0.1, 0.15) is 0 Å². The summed E-state index contributed by atoms with van der Waals surface area (Å²) < 4.78 is 0. The Labute approximate surface area is 86.2 Å². The summed E-state index contributed by atoms with van der Waals surface area (Å²) in [6.45, 7) is 0. The van der Waals surface area contributed by atoms with E-state index in [0.29, 0.717) is 0 Å². The van der Waals surface area contributed by atoms with Crippen LogP contribution in [0.15, 0.2) is 48.5 Å². The van der Waals surface area contributed by atoms with Gasteiger partial charge in [-0.2, -0.15) is 0 Å². The van der Waals surface area contributed by atoms with Gasteiger partial charge in [0.15, 0.2) is 0 Å². The van der Waals surface area contributed by atoms with Gasteiger partial charge in [0, 0.05) is 11.3 Å². The lowest BCUT2D eigenvalue weighted by Crippen LogP contribution is -2.01. The van der Waals surface area contributed by atoms with E-state index in [1.807, 2.05) is 36.4 Å². The van der Waals surface area contributed by atoms with Crippen molar-refractivity contribution in [3.63, 3.8) is 0 Å². The number of rotatable bonds is 1. The Morgan fingerprint density at radius 1 is 0.857 bits per heavy atom. The summed E-state index contributed by atoms with van der Waals surface area (Å²) in [5.41, 5.74) is 9.03. The molecule has 2 heteroatoms. The Kier molecular flexibility index (Phi) is 2.51. The number of benzene rings is 2. The van der Waals surface area contributed by atoms with Crippen LogP contribution < -0.4 is 11.0 Å². The number of hydrogen-bond acceptors (Lipinski definition) is 1. The van der Waals surface area contributed by atoms with Gasteiger partial charge in [0.05, 0.1) is 0 Å². The predicted octanol–water partition coefficient (Wildman–Crippen LogP) is 2.44. The first kappa shape index (κ1) is 9.23. The molecule has 1 unspecified atom stereocenters. The number of anilines is 1. The molecule has 70 valence electrons. The highest BCUT2D eigenvalue weighted by atomic mass is 31.0. The normalized spacial score (nSPS) is 10.1. The molecule has 0 amide bonds. The first-order valence-electron chi connectivity index (χ1n) is 4.48. The van der Waals surface area contributed by atoms with E-state index in [1.54, 1.807) is 0 Å². The van der Waals surface area contributed by atoms with Crippen LogP contribution in [0.5, 0.6) is 0 Å². The number of nitrogen functional groups attached to an aromatic ring is 1. The lowest BCUT2D eigenvalue weighted by molar-refractivity contribution is 1.64. The summed E-state index contributed by atoms with van der Waals surface area (Å²) in [6, 6.07) is 16.1. The molecule has 1 atom stereocenters. The zero-order valence-electron chi connectivity index (χ0n) is 7.77. The van der Waals surface area contributed by atoms with Crippen LogP contribution in [0.3, 0.4) is 0 Å². The van der Waals surface area contributed by atoms with E-state index >= 15 is 0 Å². The molecule has 2 aromatic carbocycles. The van der Waals surface area contributed by atoms with Crippen LogP contribution in [0.1, 0.15) is 0 Å². The second-order valence-electron chi connectivity index (χ2n) is 3.18. The molecule has 0 aliphatic heterocycles. The fraction of sp³-hybridized carbons (Fsp3) is 0. The zero-order chi connectivity index (χ0) is 9.97. The summed E-state index contributed by atoms with van der Waals surface area (Å²) in [5, 5.41) is 1.14. The van der Waals surface area contributed by atoms with Crippen LogP contribution in [-0.2, 0) is 0 Å². The summed E-state index contributed by atoms with van der Waals surface area (Å²) in [4.78, 5) is 0. The van der Waals surface area contributed by atoms with Crippen molar-refractivity contribution in [1.82, 2.24) is 0 Å². The molecule has 0 saturated heterocycles. The smallest absolute Gasteiger partial charge is 0.0400 e. The van der Waals surface area contributed by atoms with Gasteiger partial charge < -0.3 is 5.73 Å². The Morgan fingerprint density at radius 2 is 1.57 bits per heavy atom. The van der Waals surface area contributed by atoms with Crippen molar-refractivity contribution in [2.24, 2.45) is 0 Å². The van der Waals surface area contributed by atoms with Crippen LogP contribution in [0.2, 0.25) is 0 Å². The third-order valence-corrected chi connectivity index (χ3v) is 2.67. The molecule has 14 heavy (non-hydrogen) atoms. The van der Waals surface area contributed by atoms with Gasteiger partial charge in [-0.1, -0.05) is 42.5 Å². The van der Waals surface area contributed by atoms with Gasteiger partial charge in [-0.05, 0) is 16.9 Å². The molecule has 1 nitrogen and oxygen atoms in total. The molecular formula is C12H12NP. The fourth-order valence-electron chi connectivity index (χ4n) is 1.53. The molecular weight excluding hydrogens is 189 g/mol. The monoisotopic (exact) mass is 201 g/mol. The lowest BCUT2D eigenvalue weighted by Gasteiger charge is -2.08. The molecule has 2 aromatic rings. The molecule has 2 N–H and O–H groups in total. The van der Waals surface area contributed by atoms with Gasteiger partial charge in [0.25, 0.3) is 0 Å². The first-order valence-corrected chi connectivity index (χ1v) is 5.06. The van der Waals surface area contributed by atoms with Gasteiger partial charge >= 0.3 is 0 Å². The summed E-state index contributed by atoms with van der Waals surface area (Å²) >= 11 is 0. The SMILES string of the molecule is Nc1cccc(P)c1-c1ccccc1. The van der Waals surface area contributed by atoms with Crippen molar-refractivity contribution in [2.75, 3.05) is 5.73 Å². The van der Waals surface area contributed by atoms with Crippen LogP contribution in [0.4, 0.5) is 5.69 Å². The van der Waals surface area contributed by atoms with E-state index in [1.165, 1.54) is 0 Å². The van der Waals surface area contributed by atoms with Crippen molar-refractivity contribution in [3.8, 4) is 11.1 Å². The molecule has 0 heterocycles. The Balaban J connectivity index is 2.63. The first-order chi connectivity index (χ1) is 6.79. The Morgan fingerprint density at radius 3 is 2.21 bits per heavy atom. The maximum absolute atomic E-state index is 5.94. The summed E-state index contributed by atoms with van der Waals surface area (Å²) in [7, 11) is 2.71. The standard InChI is InChI=1S/C12H12NP/c13-10-7-4-8-11(14)12(10)9-5-2-1-3-6-9/h1-8H,13-14H2. The number of hydrogen-bond donors (Lipinski definition) is 1. The zero-order valence-corrected chi connectivity index (χ0v) is 8.93. The quantitative estimate of drug-likeness (QED) is 0.556. The van der Waals surface area contributed by atoms with E-state index in [-0.39, 0.29) is 0 Å². The van der Waals surface area contributed by atoms with E-state index in [2.05, 4.69) is 21.4 Å². The molecule has 0 saturated carbocycles. The second kappa shape index (κ2) is 3.81. The van der Waals surface area contributed by atoms with Crippen LogP contribution >= 0.6 is 9.24 Å². The molecule has 0 bridgehead atoms. The molecule has 2 rings (SSSR count). The highest BCUT2D eigenvalue weighted by Gasteiger charge is 2.04. The highest BCUT2D eigenvalue weighted by molar-refractivity contribution is 7.28. The molecule has 0 aliphatic rings. The average Bonchev–Trinajstić information content (AvgIpc) is 2.19. The van der Waals surface area contributed by atoms with E-state index in [4.69, 9.17) is 5.73 Å². The second-order valence-corrected chi connectivity index (χ2v) is 3.80. The van der Waals surface area contributed by atoms with Gasteiger partial charge in [-0.3, -0.25) is 0 Å². The summed E-state index contributed by atoms with van der Waals surface area (Å²) in [6.07, 6.45) is 0. The van der Waals surface area contributed by atoms with Crippen molar-refractivity contribution in [3.05, 3.63) is 48.5 Å². The third-order valence-electron chi connectivity index (χ3n) is 2.19. The highest BCUT2D eigenvalue weighted by Crippen LogP contribution is 2.24. The minimum Gasteiger partial charge on any atom is -0.398 e. The fourth-order valence-corrected chi connectivity index (χ4v) is 1.97. The van der Waals surface area contributed by atoms with Crippen LogP contribution in [-0.4, -0.2) is 0 Å². The Bertz CT molecular complexity index is 417. The topological polar surface area (TPSA) is 26.0 Å². The Hall–Kier alpha value is -1.33. The van der Waals surface area contributed by atoms with Gasteiger partial charge in [0.2, 0.25) is 0 Å². The van der Waals surface area contributed by atoms with Crippen molar-refractivity contribution in [2.45, 2.75) is 0 Å². The van der Waals surface area contributed by atoms with E-state index < -0.39 is 0 Å². The van der Waals surface area contributed by atoms with Crippen molar-refractivity contribution >= 4 is 20.2 Å². The molecule has 0 aromatic heterocycles. The third kappa shape index (κ3) is 1.64. The predicted molar refractivity (Wildman–Crippen MR) is 65.6 cm³/mol. The average molecular weight is 201 g/mol. The van der Waals surface area contributed by atoms with Gasteiger partial charge in [-0.25, -0.2) is 0 Å². The van der Waals surface area contributed by atoms with Crippen molar-refractivity contribution in [1.29, 1.82) is 0 Å². The van der Waals surface area contributed by atoms with Crippen LogP contribution in [0, 0.1) is 0 Å². The van der Waals surface area contributed by atoms with Gasteiger partial charge in [-0.15, -0.1) is 9.24 Å². The number of nitrogens with two attached hydrogens (primary N) is 1. The van der Waals surface area contributed by atoms with E-state index in [9.17, 15) is 0 Å². The maximum Gasteiger partial charge on any atom is 0.0400 e.